The molecule has 0 saturated carbocycles. The maximum Gasteiger partial charge on any atom is 0.451 e. The summed E-state index contributed by atoms with van der Waals surface area (Å²) in [6.45, 7) is 0. The van der Waals surface area contributed by atoms with E-state index in [0.717, 1.165) is 23.4 Å². The lowest BCUT2D eigenvalue weighted by Gasteiger charge is -2.09. The summed E-state index contributed by atoms with van der Waals surface area (Å²) in [6, 6.07) is 6.22. The first kappa shape index (κ1) is 18.8. The average Bonchev–Trinajstić information content (AvgIpc) is 2.93. The first-order valence-corrected chi connectivity index (χ1v) is 7.79. The number of amides is 1. The van der Waals surface area contributed by atoms with Crippen LogP contribution in [-0.2, 0) is 22.8 Å². The van der Waals surface area contributed by atoms with E-state index < -0.39 is 23.9 Å². The van der Waals surface area contributed by atoms with Crippen molar-refractivity contribution >= 4 is 29.3 Å². The monoisotopic (exact) mass is 374 g/mol. The number of anilines is 1. The summed E-state index contributed by atoms with van der Waals surface area (Å²) in [5, 5.41) is 8.95. The summed E-state index contributed by atoms with van der Waals surface area (Å²) in [5.41, 5.74) is 0.412. The number of carbonyl (C=O) groups excluding carboxylic acids is 2. The van der Waals surface area contributed by atoms with Crippen LogP contribution in [-0.4, -0.2) is 39.5 Å². The minimum absolute atomic E-state index is 0.0521. The Bertz CT molecular complexity index is 792. The molecule has 0 fully saturated rings. The van der Waals surface area contributed by atoms with Crippen molar-refractivity contribution in [2.24, 2.45) is 7.05 Å². The summed E-state index contributed by atoms with van der Waals surface area (Å²) in [7, 11) is 2.37. The second-order valence-corrected chi connectivity index (χ2v) is 5.68. The van der Waals surface area contributed by atoms with Gasteiger partial charge in [0.15, 0.2) is 5.16 Å². The summed E-state index contributed by atoms with van der Waals surface area (Å²) in [6.07, 6.45) is -4.62. The number of aromatic nitrogens is 3. The number of hydrogen-bond donors (Lipinski definition) is 1. The predicted molar refractivity (Wildman–Crippen MR) is 83.1 cm³/mol. The second-order valence-electron chi connectivity index (χ2n) is 4.74. The number of ether oxygens (including phenoxy) is 1. The molecule has 7 nitrogen and oxygen atoms in total. The number of thioether (sulfide) groups is 1. The van der Waals surface area contributed by atoms with Crippen LogP contribution < -0.4 is 5.32 Å². The number of para-hydroxylation sites is 1. The molecule has 1 amide bonds. The lowest BCUT2D eigenvalue weighted by atomic mass is 10.2. The molecule has 25 heavy (non-hydrogen) atoms. The Kier molecular flexibility index (Phi) is 5.67. The first-order valence-electron chi connectivity index (χ1n) is 6.80. The van der Waals surface area contributed by atoms with E-state index >= 15 is 0 Å². The molecule has 11 heteroatoms. The number of hydrogen-bond acceptors (Lipinski definition) is 6. The van der Waals surface area contributed by atoms with Gasteiger partial charge in [-0.2, -0.15) is 13.2 Å². The molecule has 2 rings (SSSR count). The molecule has 134 valence electrons. The molecule has 0 atom stereocenters. The molecule has 0 unspecified atom stereocenters. The van der Waals surface area contributed by atoms with Crippen LogP contribution in [0.25, 0.3) is 0 Å². The van der Waals surface area contributed by atoms with Crippen LogP contribution in [0.2, 0.25) is 0 Å². The van der Waals surface area contributed by atoms with Crippen LogP contribution in [0.15, 0.2) is 29.4 Å². The smallest absolute Gasteiger partial charge is 0.451 e. The van der Waals surface area contributed by atoms with Crippen molar-refractivity contribution in [2.75, 3.05) is 18.2 Å². The fraction of sp³-hybridized carbons (Fsp3) is 0.286. The van der Waals surface area contributed by atoms with Crippen molar-refractivity contribution in [1.82, 2.24) is 14.8 Å². The van der Waals surface area contributed by atoms with Crippen molar-refractivity contribution in [3.8, 4) is 0 Å². The van der Waals surface area contributed by atoms with Gasteiger partial charge in [-0.3, -0.25) is 4.79 Å². The maximum absolute atomic E-state index is 12.6. The predicted octanol–water partition coefficient (Wildman–Crippen LogP) is 2.35. The third kappa shape index (κ3) is 4.50. The molecule has 0 bridgehead atoms. The van der Waals surface area contributed by atoms with Gasteiger partial charge in [0.2, 0.25) is 11.7 Å². The van der Waals surface area contributed by atoms with Gasteiger partial charge in [0.1, 0.15) is 0 Å². The lowest BCUT2D eigenvalue weighted by Crippen LogP contribution is -2.17. The molecule has 0 spiro atoms. The number of halogens is 3. The SMILES string of the molecule is COC(=O)c1ccccc1NC(=O)CSc1nnc(C(F)(F)F)n1C. The van der Waals surface area contributed by atoms with E-state index in [0.29, 0.717) is 0 Å². The van der Waals surface area contributed by atoms with E-state index in [2.05, 4.69) is 20.3 Å². The molecule has 1 heterocycles. The molecule has 1 aromatic carbocycles. The Hall–Kier alpha value is -2.56. The molecule has 0 aliphatic carbocycles. The van der Waals surface area contributed by atoms with Crippen molar-refractivity contribution in [3.63, 3.8) is 0 Å². The largest absolute Gasteiger partial charge is 0.465 e. The topological polar surface area (TPSA) is 86.1 Å². The van der Waals surface area contributed by atoms with Gasteiger partial charge in [0.25, 0.3) is 0 Å². The molecule has 0 aliphatic rings. The zero-order chi connectivity index (χ0) is 18.6. The van der Waals surface area contributed by atoms with Crippen LogP contribution >= 0.6 is 11.8 Å². The summed E-state index contributed by atoms with van der Waals surface area (Å²) in [4.78, 5) is 23.6. The quantitative estimate of drug-likeness (QED) is 0.639. The molecule has 0 aliphatic heterocycles. The Labute approximate surface area is 144 Å². The maximum atomic E-state index is 12.6. The number of methoxy groups -OCH3 is 1. The highest BCUT2D eigenvalue weighted by atomic mass is 32.2. The van der Waals surface area contributed by atoms with Gasteiger partial charge in [-0.1, -0.05) is 23.9 Å². The fourth-order valence-corrected chi connectivity index (χ4v) is 2.59. The standard InChI is InChI=1S/C14H13F3N4O3S/c1-21-12(14(15,16)17)19-20-13(21)25-7-10(22)18-9-6-4-3-5-8(9)11(23)24-2/h3-6H,7H2,1-2H3,(H,18,22). The van der Waals surface area contributed by atoms with E-state index in [1.807, 2.05) is 0 Å². The third-order valence-corrected chi connectivity index (χ3v) is 4.05. The van der Waals surface area contributed by atoms with Crippen LogP contribution in [0.5, 0.6) is 0 Å². The van der Waals surface area contributed by atoms with Crippen molar-refractivity contribution in [1.29, 1.82) is 0 Å². The molecule has 2 aromatic rings. The van der Waals surface area contributed by atoms with E-state index in [4.69, 9.17) is 0 Å². The average molecular weight is 374 g/mol. The number of nitrogens with one attached hydrogen (secondary N) is 1. The summed E-state index contributed by atoms with van der Waals surface area (Å²) in [5.74, 6) is -2.49. The van der Waals surface area contributed by atoms with Gasteiger partial charge < -0.3 is 14.6 Å². The number of benzene rings is 1. The van der Waals surface area contributed by atoms with E-state index in [1.165, 1.54) is 19.2 Å². The van der Waals surface area contributed by atoms with Crippen molar-refractivity contribution in [2.45, 2.75) is 11.3 Å². The Morgan fingerprint density at radius 2 is 1.96 bits per heavy atom. The summed E-state index contributed by atoms with van der Waals surface area (Å²) < 4.78 is 43.3. The molecule has 0 saturated heterocycles. The number of alkyl halides is 3. The Balaban J connectivity index is 2.03. The van der Waals surface area contributed by atoms with Crippen LogP contribution in [0.1, 0.15) is 16.2 Å². The molecule has 1 N–H and O–H groups in total. The highest BCUT2D eigenvalue weighted by Gasteiger charge is 2.37. The Morgan fingerprint density at radius 3 is 2.56 bits per heavy atom. The Morgan fingerprint density at radius 1 is 1.28 bits per heavy atom. The molecule has 1 aromatic heterocycles. The number of esters is 1. The highest BCUT2D eigenvalue weighted by molar-refractivity contribution is 7.99. The van der Waals surface area contributed by atoms with Crippen LogP contribution in [0, 0.1) is 0 Å². The zero-order valence-corrected chi connectivity index (χ0v) is 13.9. The second kappa shape index (κ2) is 7.55. The summed E-state index contributed by atoms with van der Waals surface area (Å²) >= 11 is 0.792. The third-order valence-electron chi connectivity index (χ3n) is 3.03. The lowest BCUT2D eigenvalue weighted by molar-refractivity contribution is -0.147. The van der Waals surface area contributed by atoms with Gasteiger partial charge in [-0.15, -0.1) is 10.2 Å². The number of carbonyl (C=O) groups is 2. The zero-order valence-electron chi connectivity index (χ0n) is 13.1. The van der Waals surface area contributed by atoms with E-state index in [1.54, 1.807) is 12.1 Å². The molecular formula is C14H13F3N4O3S. The molecular weight excluding hydrogens is 361 g/mol. The highest BCUT2D eigenvalue weighted by Crippen LogP contribution is 2.29. The number of nitrogens with zero attached hydrogens (tertiary/aromatic N) is 3. The fourth-order valence-electron chi connectivity index (χ4n) is 1.88. The van der Waals surface area contributed by atoms with Crippen molar-refractivity contribution < 1.29 is 27.5 Å². The van der Waals surface area contributed by atoms with Gasteiger partial charge in [0, 0.05) is 7.05 Å². The first-order chi connectivity index (χ1) is 11.7. The van der Waals surface area contributed by atoms with E-state index in [9.17, 15) is 22.8 Å². The minimum atomic E-state index is -4.62. The number of rotatable bonds is 5. The van der Waals surface area contributed by atoms with E-state index in [-0.39, 0.29) is 22.2 Å². The molecule has 0 radical (unpaired) electrons. The van der Waals surface area contributed by atoms with Crippen molar-refractivity contribution in [3.05, 3.63) is 35.7 Å². The van der Waals surface area contributed by atoms with Crippen LogP contribution in [0.3, 0.4) is 0 Å². The minimum Gasteiger partial charge on any atom is -0.465 e. The normalized spacial score (nSPS) is 11.2. The van der Waals surface area contributed by atoms with Gasteiger partial charge in [0.05, 0.1) is 24.1 Å². The van der Waals surface area contributed by atoms with Crippen LogP contribution in [0.4, 0.5) is 18.9 Å². The van der Waals surface area contributed by atoms with Gasteiger partial charge in [-0.25, -0.2) is 4.79 Å². The van der Waals surface area contributed by atoms with Gasteiger partial charge >= 0.3 is 12.1 Å². The van der Waals surface area contributed by atoms with Gasteiger partial charge in [-0.05, 0) is 12.1 Å².